The Morgan fingerprint density at radius 3 is 2.25 bits per heavy atom. The maximum absolute atomic E-state index is 8.43. The number of aliphatic hydroxyl groups is 1. The fraction of sp³-hybridized carbons (Fsp3) is 0.111. The van der Waals surface area contributed by atoms with Crippen molar-refractivity contribution in [2.45, 2.75) is 0 Å². The van der Waals surface area contributed by atoms with Crippen LogP contribution >= 0.6 is 0 Å². The molecule has 0 fully saturated rings. The van der Waals surface area contributed by atoms with E-state index in [1.165, 1.54) is 0 Å². The number of methoxy groups -OCH3 is 1. The van der Waals surface area contributed by atoms with E-state index in [2.05, 4.69) is 0 Å². The number of aliphatic hydroxyl groups excluding tert-OH is 1. The van der Waals surface area contributed by atoms with Gasteiger partial charge in [0.1, 0.15) is 5.75 Å². The molecule has 0 aliphatic heterocycles. The van der Waals surface area contributed by atoms with Crippen molar-refractivity contribution in [3.8, 4) is 5.75 Å². The van der Waals surface area contributed by atoms with Crippen LogP contribution in [0.1, 0.15) is 5.56 Å². The second kappa shape index (κ2) is 6.12. The van der Waals surface area contributed by atoms with E-state index in [4.69, 9.17) is 9.84 Å². The summed E-state index contributed by atoms with van der Waals surface area (Å²) in [5.74, 6) is 0.820. The summed E-state index contributed by atoms with van der Waals surface area (Å²) < 4.78 is 4.96. The van der Waals surface area contributed by atoms with E-state index in [9.17, 15) is 0 Å². The molecule has 0 saturated heterocycles. The van der Waals surface area contributed by atoms with Crippen molar-refractivity contribution < 1.29 is 9.84 Å². The predicted octanol–water partition coefficient (Wildman–Crippen LogP) is 1.58. The molecule has 0 radical (unpaired) electrons. The van der Waals surface area contributed by atoms with Crippen molar-refractivity contribution in [1.29, 1.82) is 0 Å². The molecule has 0 aliphatic rings. The molecule has 0 bridgehead atoms. The van der Waals surface area contributed by atoms with Crippen LogP contribution in [0.4, 0.5) is 0 Å². The normalized spacial score (nSPS) is 9.42. The molecule has 0 aromatic heterocycles. The molecular formula is C9H11NaO2. The molecular weight excluding hydrogens is 163 g/mol. The number of hydrogen-bond acceptors (Lipinski definition) is 2. The van der Waals surface area contributed by atoms with Gasteiger partial charge in [-0.2, -0.15) is 0 Å². The third-order valence-electron chi connectivity index (χ3n) is 1.38. The zero-order valence-corrected chi connectivity index (χ0v) is 6.32. The molecule has 12 heavy (non-hydrogen) atoms. The van der Waals surface area contributed by atoms with Gasteiger partial charge >= 0.3 is 29.6 Å². The van der Waals surface area contributed by atoms with Gasteiger partial charge in [0.15, 0.2) is 0 Å². The minimum absolute atomic E-state index is 0. The standard InChI is InChI=1S/C9H10O2.Na.H/c1-11-9-4-2-8(3-5-9)6-7-10;;/h2-7,10H,1H3;;. The van der Waals surface area contributed by atoms with Gasteiger partial charge in [-0.25, -0.2) is 0 Å². The number of ether oxygens (including phenoxy) is 1. The van der Waals surface area contributed by atoms with Crippen LogP contribution in [0.3, 0.4) is 0 Å². The first-order valence-electron chi connectivity index (χ1n) is 3.31. The third kappa shape index (κ3) is 3.30. The maximum atomic E-state index is 8.43. The van der Waals surface area contributed by atoms with Crippen LogP contribution in [0.15, 0.2) is 30.5 Å². The molecule has 1 aromatic rings. The van der Waals surface area contributed by atoms with Gasteiger partial charge in [-0.1, -0.05) is 12.1 Å². The van der Waals surface area contributed by atoms with E-state index in [1.807, 2.05) is 24.3 Å². The molecule has 1 aromatic carbocycles. The molecule has 0 saturated carbocycles. The summed E-state index contributed by atoms with van der Waals surface area (Å²) >= 11 is 0. The van der Waals surface area contributed by atoms with Crippen molar-refractivity contribution in [1.82, 2.24) is 0 Å². The molecule has 2 nitrogen and oxygen atoms in total. The summed E-state index contributed by atoms with van der Waals surface area (Å²) in [5, 5.41) is 8.43. The molecule has 60 valence electrons. The zero-order valence-electron chi connectivity index (χ0n) is 6.32. The van der Waals surface area contributed by atoms with Crippen LogP contribution < -0.4 is 4.74 Å². The van der Waals surface area contributed by atoms with E-state index in [-0.39, 0.29) is 29.6 Å². The first kappa shape index (κ1) is 11.6. The van der Waals surface area contributed by atoms with E-state index < -0.39 is 0 Å². The first-order valence-corrected chi connectivity index (χ1v) is 3.31. The summed E-state index contributed by atoms with van der Waals surface area (Å²) in [7, 11) is 1.62. The van der Waals surface area contributed by atoms with Gasteiger partial charge in [-0.3, -0.25) is 0 Å². The van der Waals surface area contributed by atoms with Crippen LogP contribution in [-0.4, -0.2) is 41.8 Å². The van der Waals surface area contributed by atoms with Crippen LogP contribution in [-0.2, 0) is 0 Å². The second-order valence-corrected chi connectivity index (χ2v) is 2.09. The topological polar surface area (TPSA) is 29.5 Å². The van der Waals surface area contributed by atoms with Crippen LogP contribution in [0.25, 0.3) is 6.08 Å². The number of hydrogen-bond donors (Lipinski definition) is 1. The quantitative estimate of drug-likeness (QED) is 0.544. The molecule has 0 aliphatic carbocycles. The summed E-state index contributed by atoms with van der Waals surface area (Å²) in [6, 6.07) is 7.42. The number of rotatable bonds is 2. The molecule has 1 rings (SSSR count). The van der Waals surface area contributed by atoms with Crippen LogP contribution in [0.5, 0.6) is 5.75 Å². The first-order chi connectivity index (χ1) is 5.36. The van der Waals surface area contributed by atoms with Gasteiger partial charge in [0, 0.05) is 0 Å². The fourth-order valence-corrected chi connectivity index (χ4v) is 0.801. The zero-order chi connectivity index (χ0) is 8.10. The summed E-state index contributed by atoms with van der Waals surface area (Å²) in [4.78, 5) is 0. The van der Waals surface area contributed by atoms with E-state index >= 15 is 0 Å². The summed E-state index contributed by atoms with van der Waals surface area (Å²) in [5.41, 5.74) is 0.952. The Labute approximate surface area is 94.2 Å². The van der Waals surface area contributed by atoms with Crippen LogP contribution in [0, 0.1) is 0 Å². The molecule has 1 N–H and O–H groups in total. The van der Waals surface area contributed by atoms with E-state index in [0.717, 1.165) is 17.6 Å². The minimum atomic E-state index is 0. The van der Waals surface area contributed by atoms with Gasteiger partial charge in [-0.15, -0.1) is 0 Å². The molecule has 0 atom stereocenters. The van der Waals surface area contributed by atoms with Crippen molar-refractivity contribution >= 4 is 35.6 Å². The van der Waals surface area contributed by atoms with Gasteiger partial charge in [0.2, 0.25) is 0 Å². The Morgan fingerprint density at radius 1 is 1.25 bits per heavy atom. The Bertz CT molecular complexity index is 241. The molecule has 0 unspecified atom stereocenters. The SMILES string of the molecule is COc1ccc(C=CO)cc1.[NaH]. The average Bonchev–Trinajstić information content (AvgIpc) is 2.07. The molecule has 0 spiro atoms. The Hall–Kier alpha value is -0.440. The molecule has 0 amide bonds. The van der Waals surface area contributed by atoms with Gasteiger partial charge in [0.25, 0.3) is 0 Å². The monoisotopic (exact) mass is 174 g/mol. The van der Waals surface area contributed by atoms with E-state index in [1.54, 1.807) is 13.2 Å². The van der Waals surface area contributed by atoms with Crippen LogP contribution in [0.2, 0.25) is 0 Å². The van der Waals surface area contributed by atoms with Crippen molar-refractivity contribution in [2.24, 2.45) is 0 Å². The number of benzene rings is 1. The Balaban J connectivity index is 0.00000121. The van der Waals surface area contributed by atoms with E-state index in [0.29, 0.717) is 0 Å². The third-order valence-corrected chi connectivity index (χ3v) is 1.38. The van der Waals surface area contributed by atoms with Gasteiger partial charge in [0.05, 0.1) is 13.4 Å². The van der Waals surface area contributed by atoms with Crippen molar-refractivity contribution in [3.63, 3.8) is 0 Å². The fourth-order valence-electron chi connectivity index (χ4n) is 0.801. The Kier molecular flexibility index (Phi) is 5.89. The van der Waals surface area contributed by atoms with Crippen molar-refractivity contribution in [3.05, 3.63) is 36.1 Å². The van der Waals surface area contributed by atoms with Gasteiger partial charge in [-0.05, 0) is 23.8 Å². The summed E-state index contributed by atoms with van der Waals surface area (Å²) in [6.45, 7) is 0. The van der Waals surface area contributed by atoms with Gasteiger partial charge < -0.3 is 9.84 Å². The molecule has 0 heterocycles. The second-order valence-electron chi connectivity index (χ2n) is 2.09. The Morgan fingerprint density at radius 2 is 1.83 bits per heavy atom. The van der Waals surface area contributed by atoms with Crippen molar-refractivity contribution in [2.75, 3.05) is 7.11 Å². The predicted molar refractivity (Wildman–Crippen MR) is 51.8 cm³/mol. The summed E-state index contributed by atoms with van der Waals surface area (Å²) in [6.07, 6.45) is 2.63. The molecule has 3 heteroatoms. The average molecular weight is 174 g/mol.